The van der Waals surface area contributed by atoms with Crippen molar-refractivity contribution in [3.63, 3.8) is 0 Å². The van der Waals surface area contributed by atoms with Crippen molar-refractivity contribution in [2.45, 2.75) is 52.0 Å². The van der Waals surface area contributed by atoms with Crippen LogP contribution in [0.5, 0.6) is 0 Å². The number of hydrogen-bond acceptors (Lipinski definition) is 2. The number of rotatable bonds is 2. The van der Waals surface area contributed by atoms with Crippen molar-refractivity contribution in [2.24, 2.45) is 5.92 Å². The number of aliphatic hydroxyl groups excluding tert-OH is 1. The van der Waals surface area contributed by atoms with E-state index in [4.69, 9.17) is 0 Å². The summed E-state index contributed by atoms with van der Waals surface area (Å²) in [4.78, 5) is 12.6. The first-order valence-electron chi connectivity index (χ1n) is 8.43. The van der Waals surface area contributed by atoms with Crippen LogP contribution in [0, 0.1) is 19.8 Å². The van der Waals surface area contributed by atoms with E-state index in [-0.39, 0.29) is 11.7 Å². The van der Waals surface area contributed by atoms with Crippen molar-refractivity contribution in [1.82, 2.24) is 5.32 Å². The average molecular weight is 311 g/mol. The van der Waals surface area contributed by atoms with E-state index >= 15 is 0 Å². The molecule has 0 unspecified atom stereocenters. The third-order valence-electron chi connectivity index (χ3n) is 5.28. The smallest absolute Gasteiger partial charge is 0.256 e. The van der Waals surface area contributed by atoms with Gasteiger partial charge in [-0.1, -0.05) is 35.9 Å². The maximum absolute atomic E-state index is 12.6. The molecule has 1 saturated carbocycles. The molecule has 3 heteroatoms. The van der Waals surface area contributed by atoms with Crippen LogP contribution in [-0.2, 0) is 4.79 Å². The second kappa shape index (κ2) is 5.88. The Balaban J connectivity index is 1.97. The predicted octanol–water partition coefficient (Wildman–Crippen LogP) is 4.21. The van der Waals surface area contributed by atoms with Crippen molar-refractivity contribution >= 4 is 11.5 Å². The summed E-state index contributed by atoms with van der Waals surface area (Å²) in [6, 6.07) is 6.03. The van der Waals surface area contributed by atoms with Crippen molar-refractivity contribution in [1.29, 1.82) is 0 Å². The van der Waals surface area contributed by atoms with Gasteiger partial charge in [-0.25, -0.2) is 0 Å². The summed E-state index contributed by atoms with van der Waals surface area (Å²) >= 11 is 0. The summed E-state index contributed by atoms with van der Waals surface area (Å²) in [6.07, 6.45) is 7.91. The molecule has 3 nitrogen and oxygen atoms in total. The number of benzene rings is 1. The van der Waals surface area contributed by atoms with Crippen LogP contribution in [0.2, 0.25) is 0 Å². The van der Waals surface area contributed by atoms with Crippen LogP contribution in [0.3, 0.4) is 0 Å². The molecule has 3 rings (SSSR count). The fourth-order valence-corrected chi connectivity index (χ4v) is 3.90. The van der Waals surface area contributed by atoms with E-state index in [1.54, 1.807) is 0 Å². The summed E-state index contributed by atoms with van der Waals surface area (Å²) in [6.45, 7) is 6.03. The quantitative estimate of drug-likeness (QED) is 0.804. The maximum Gasteiger partial charge on any atom is 0.256 e. The molecule has 1 spiro atoms. The van der Waals surface area contributed by atoms with Crippen LogP contribution in [-0.4, -0.2) is 16.6 Å². The maximum atomic E-state index is 12.6. The summed E-state index contributed by atoms with van der Waals surface area (Å²) in [5, 5.41) is 14.0. The van der Waals surface area contributed by atoms with Gasteiger partial charge in [0.25, 0.3) is 5.91 Å². The van der Waals surface area contributed by atoms with Crippen LogP contribution < -0.4 is 5.32 Å². The van der Waals surface area contributed by atoms with Crippen LogP contribution in [0.25, 0.3) is 5.57 Å². The van der Waals surface area contributed by atoms with Crippen molar-refractivity contribution in [2.75, 3.05) is 0 Å². The first-order valence-corrected chi connectivity index (χ1v) is 8.43. The standard InChI is InChI=1S/C20H25NO2/c1-4-5-15-8-10-20(11-9-15)18(22)17(19(23)21-20)16-12-13(2)6-7-14(16)3/h4-7,12,15,22H,8-11H2,1-3H3,(H,21,23)/b5-4-/t15-,20+. The molecule has 1 aliphatic heterocycles. The third-order valence-corrected chi connectivity index (χ3v) is 5.28. The Hall–Kier alpha value is -2.03. The zero-order valence-corrected chi connectivity index (χ0v) is 14.1. The molecule has 0 radical (unpaired) electrons. The fourth-order valence-electron chi connectivity index (χ4n) is 3.90. The molecule has 122 valence electrons. The molecule has 23 heavy (non-hydrogen) atoms. The molecule has 2 N–H and O–H groups in total. The molecule has 1 aromatic rings. The fraction of sp³-hybridized carbons (Fsp3) is 0.450. The first kappa shape index (κ1) is 15.9. The highest BCUT2D eigenvalue weighted by Crippen LogP contribution is 2.43. The van der Waals surface area contributed by atoms with Gasteiger partial charge >= 0.3 is 0 Å². The Morgan fingerprint density at radius 3 is 2.61 bits per heavy atom. The first-order chi connectivity index (χ1) is 11.0. The number of carbonyl (C=O) groups is 1. The number of aliphatic hydroxyl groups is 1. The second-order valence-electron chi connectivity index (χ2n) is 6.94. The van der Waals surface area contributed by atoms with Crippen LogP contribution >= 0.6 is 0 Å². The van der Waals surface area contributed by atoms with E-state index in [1.165, 1.54) is 0 Å². The molecule has 0 saturated heterocycles. The second-order valence-corrected chi connectivity index (χ2v) is 6.94. The van der Waals surface area contributed by atoms with Gasteiger partial charge in [0.15, 0.2) is 0 Å². The monoisotopic (exact) mass is 311 g/mol. The number of nitrogens with one attached hydrogen (secondary N) is 1. The predicted molar refractivity (Wildman–Crippen MR) is 93.1 cm³/mol. The summed E-state index contributed by atoms with van der Waals surface area (Å²) < 4.78 is 0. The van der Waals surface area contributed by atoms with Gasteiger partial charge in [-0.3, -0.25) is 4.79 Å². The van der Waals surface area contributed by atoms with E-state index in [0.29, 0.717) is 11.5 Å². The number of amides is 1. The zero-order chi connectivity index (χ0) is 16.6. The van der Waals surface area contributed by atoms with Gasteiger partial charge in [0.1, 0.15) is 5.76 Å². The van der Waals surface area contributed by atoms with E-state index in [1.807, 2.05) is 39.0 Å². The molecule has 1 heterocycles. The van der Waals surface area contributed by atoms with Gasteiger partial charge in [0.05, 0.1) is 11.1 Å². The Morgan fingerprint density at radius 1 is 1.26 bits per heavy atom. The summed E-state index contributed by atoms with van der Waals surface area (Å²) in [5.74, 6) is 0.663. The number of hydrogen-bond donors (Lipinski definition) is 2. The Kier molecular flexibility index (Phi) is 4.05. The molecular weight excluding hydrogens is 286 g/mol. The summed E-state index contributed by atoms with van der Waals surface area (Å²) in [7, 11) is 0. The lowest BCUT2D eigenvalue weighted by atomic mass is 9.75. The van der Waals surface area contributed by atoms with E-state index in [9.17, 15) is 9.90 Å². The Bertz CT molecular complexity index is 692. The number of allylic oxidation sites excluding steroid dienone is 2. The molecule has 0 aromatic heterocycles. The van der Waals surface area contributed by atoms with Gasteiger partial charge in [0.2, 0.25) is 0 Å². The Labute approximate surface area is 138 Å². The molecule has 1 aromatic carbocycles. The van der Waals surface area contributed by atoms with Crippen LogP contribution in [0.4, 0.5) is 0 Å². The molecule has 1 aliphatic carbocycles. The molecule has 1 fully saturated rings. The van der Waals surface area contributed by atoms with E-state index in [2.05, 4.69) is 17.5 Å². The van der Waals surface area contributed by atoms with Gasteiger partial charge < -0.3 is 10.4 Å². The van der Waals surface area contributed by atoms with E-state index < -0.39 is 5.54 Å². The van der Waals surface area contributed by atoms with Gasteiger partial charge in [-0.2, -0.15) is 0 Å². The molecule has 2 aliphatic rings. The zero-order valence-electron chi connectivity index (χ0n) is 14.1. The minimum absolute atomic E-state index is 0.138. The minimum atomic E-state index is -0.555. The van der Waals surface area contributed by atoms with Crippen LogP contribution in [0.15, 0.2) is 36.1 Å². The minimum Gasteiger partial charge on any atom is -0.509 e. The van der Waals surface area contributed by atoms with Gasteiger partial charge in [0, 0.05) is 0 Å². The normalized spacial score (nSPS) is 28.0. The Morgan fingerprint density at radius 2 is 1.96 bits per heavy atom. The number of carbonyl (C=O) groups excluding carboxylic acids is 1. The lowest BCUT2D eigenvalue weighted by molar-refractivity contribution is -0.116. The molecule has 0 bridgehead atoms. The van der Waals surface area contributed by atoms with Crippen molar-refractivity contribution in [3.8, 4) is 0 Å². The molecular formula is C20H25NO2. The largest absolute Gasteiger partial charge is 0.509 e. The number of aryl methyl sites for hydroxylation is 2. The van der Waals surface area contributed by atoms with E-state index in [0.717, 1.165) is 42.4 Å². The lowest BCUT2D eigenvalue weighted by Gasteiger charge is -2.36. The highest BCUT2D eigenvalue weighted by atomic mass is 16.3. The van der Waals surface area contributed by atoms with Crippen molar-refractivity contribution < 1.29 is 9.90 Å². The van der Waals surface area contributed by atoms with Gasteiger partial charge in [-0.05, 0) is 63.5 Å². The van der Waals surface area contributed by atoms with Crippen LogP contribution in [0.1, 0.15) is 49.3 Å². The SMILES string of the molecule is C/C=C\[C@H]1CC[C@]2(CC1)NC(=O)C(c1cc(C)ccc1C)=C2O. The highest BCUT2D eigenvalue weighted by molar-refractivity contribution is 6.23. The topological polar surface area (TPSA) is 49.3 Å². The lowest BCUT2D eigenvalue weighted by Crippen LogP contribution is -2.47. The molecule has 1 amide bonds. The third kappa shape index (κ3) is 2.69. The summed E-state index contributed by atoms with van der Waals surface area (Å²) in [5.41, 5.74) is 2.88. The molecule has 0 atom stereocenters. The van der Waals surface area contributed by atoms with Crippen molar-refractivity contribution in [3.05, 3.63) is 52.8 Å². The highest BCUT2D eigenvalue weighted by Gasteiger charge is 2.47. The van der Waals surface area contributed by atoms with Gasteiger partial charge in [-0.15, -0.1) is 0 Å². The average Bonchev–Trinajstić information content (AvgIpc) is 2.76.